The zero-order chi connectivity index (χ0) is 26.1. The molecule has 0 saturated heterocycles. The minimum absolute atomic E-state index is 0.127. The van der Waals surface area contributed by atoms with Crippen LogP contribution in [0.5, 0.6) is 0 Å². The molecule has 1 atom stereocenters. The number of aromatic nitrogens is 1. The number of anilines is 1. The van der Waals surface area contributed by atoms with Crippen molar-refractivity contribution in [2.75, 3.05) is 11.9 Å². The summed E-state index contributed by atoms with van der Waals surface area (Å²) in [5, 5.41) is 3.90. The van der Waals surface area contributed by atoms with Crippen molar-refractivity contribution in [2.45, 2.75) is 45.1 Å². The number of rotatable bonds is 7. The molecule has 0 saturated carbocycles. The third-order valence-electron chi connectivity index (χ3n) is 8.01. The number of aryl methyl sites for hydroxylation is 1. The zero-order valence-electron chi connectivity index (χ0n) is 22.5. The van der Waals surface area contributed by atoms with Crippen molar-refractivity contribution < 1.29 is 4.57 Å². The lowest BCUT2D eigenvalue weighted by Crippen LogP contribution is -2.34. The second-order valence-corrected chi connectivity index (χ2v) is 11.7. The van der Waals surface area contributed by atoms with Crippen LogP contribution in [-0.2, 0) is 18.4 Å². The molecule has 2 heterocycles. The molecule has 0 aliphatic carbocycles. The second kappa shape index (κ2) is 10.2. The first kappa shape index (κ1) is 24.6. The van der Waals surface area contributed by atoms with Gasteiger partial charge >= 0.3 is 0 Å². The Kier molecular flexibility index (Phi) is 6.63. The van der Waals surface area contributed by atoms with Crippen LogP contribution >= 0.6 is 11.3 Å². The largest absolute Gasteiger partial charge is 0.347 e. The highest BCUT2D eigenvalue weighted by atomic mass is 32.1. The molecule has 1 aromatic heterocycles. The van der Waals surface area contributed by atoms with Crippen LogP contribution in [0.4, 0.5) is 5.69 Å². The van der Waals surface area contributed by atoms with E-state index in [4.69, 9.17) is 0 Å². The average Bonchev–Trinajstić information content (AvgIpc) is 3.39. The van der Waals surface area contributed by atoms with Crippen molar-refractivity contribution >= 4 is 44.1 Å². The molecule has 3 heteroatoms. The highest BCUT2D eigenvalue weighted by Crippen LogP contribution is 2.50. The van der Waals surface area contributed by atoms with Gasteiger partial charge in [-0.15, -0.1) is 0 Å². The van der Waals surface area contributed by atoms with E-state index in [0.29, 0.717) is 0 Å². The monoisotopic (exact) mass is 515 g/mol. The molecule has 1 aliphatic heterocycles. The Hall–Kier alpha value is -3.69. The van der Waals surface area contributed by atoms with Crippen molar-refractivity contribution in [1.29, 1.82) is 0 Å². The number of hydrogen-bond acceptors (Lipinski definition) is 2. The minimum atomic E-state index is -0.127. The first-order valence-corrected chi connectivity index (χ1v) is 14.5. The topological polar surface area (TPSA) is 7.12 Å². The third kappa shape index (κ3) is 4.35. The van der Waals surface area contributed by atoms with E-state index in [9.17, 15) is 0 Å². The summed E-state index contributed by atoms with van der Waals surface area (Å²) < 4.78 is 3.84. The van der Waals surface area contributed by atoms with E-state index >= 15 is 0 Å². The summed E-state index contributed by atoms with van der Waals surface area (Å²) in [4.78, 5) is 2.41. The molecule has 0 fully saturated rings. The summed E-state index contributed by atoms with van der Waals surface area (Å²) in [6.07, 6.45) is 10.3. The van der Waals surface area contributed by atoms with Gasteiger partial charge in [0.05, 0.1) is 0 Å². The van der Waals surface area contributed by atoms with Crippen LogP contribution in [0.2, 0.25) is 0 Å². The molecule has 0 N–H and O–H groups in total. The SMILES string of the molecule is CCCC[n+]1c(/C=C/C=C2/N(C)c3cc4ccccc4cc3C2(C)Cc2ccccc2)sc2ccccc21. The van der Waals surface area contributed by atoms with Gasteiger partial charge in [-0.1, -0.05) is 97.5 Å². The fourth-order valence-electron chi connectivity index (χ4n) is 6.02. The fourth-order valence-corrected chi connectivity index (χ4v) is 7.12. The van der Waals surface area contributed by atoms with Gasteiger partial charge in [-0.25, -0.2) is 0 Å². The third-order valence-corrected chi connectivity index (χ3v) is 9.14. The number of benzene rings is 4. The predicted molar refractivity (Wildman–Crippen MR) is 164 cm³/mol. The average molecular weight is 516 g/mol. The standard InChI is InChI=1S/C35H35N2S/c1-4-5-22-37-30-18-11-12-19-32(30)38-34(37)21-13-20-33-35(2,25-26-14-7-6-8-15-26)29-23-27-16-9-10-17-28(27)24-31(29)36(33)3/h6-21,23-24H,4-5,22,25H2,1-3H3/q+1. The van der Waals surface area contributed by atoms with Crippen molar-refractivity contribution in [3.63, 3.8) is 0 Å². The van der Waals surface area contributed by atoms with Crippen LogP contribution in [0, 0.1) is 0 Å². The van der Waals surface area contributed by atoms with Crippen molar-refractivity contribution in [3.05, 3.63) is 125 Å². The first-order chi connectivity index (χ1) is 18.6. The van der Waals surface area contributed by atoms with E-state index in [1.165, 1.54) is 61.3 Å². The molecule has 1 aliphatic rings. The van der Waals surface area contributed by atoms with Gasteiger partial charge in [-0.2, -0.15) is 4.57 Å². The predicted octanol–water partition coefficient (Wildman–Crippen LogP) is 8.69. The minimum Gasteiger partial charge on any atom is -0.347 e. The second-order valence-electron chi connectivity index (χ2n) is 10.6. The van der Waals surface area contributed by atoms with Gasteiger partial charge in [0.15, 0.2) is 6.54 Å². The summed E-state index contributed by atoms with van der Waals surface area (Å²) in [5.74, 6) is 0. The lowest BCUT2D eigenvalue weighted by atomic mass is 9.76. The number of fused-ring (bicyclic) bond motifs is 3. The van der Waals surface area contributed by atoms with Gasteiger partial charge < -0.3 is 4.90 Å². The molecule has 1 unspecified atom stereocenters. The zero-order valence-corrected chi connectivity index (χ0v) is 23.3. The lowest BCUT2D eigenvalue weighted by molar-refractivity contribution is -0.669. The molecule has 0 spiro atoms. The molecular formula is C35H35N2S+. The van der Waals surface area contributed by atoms with Gasteiger partial charge in [-0.3, -0.25) is 0 Å². The maximum atomic E-state index is 2.49. The van der Waals surface area contributed by atoms with Crippen LogP contribution in [0.1, 0.15) is 42.8 Å². The van der Waals surface area contributed by atoms with Crippen LogP contribution in [0.3, 0.4) is 0 Å². The summed E-state index contributed by atoms with van der Waals surface area (Å²) >= 11 is 1.88. The van der Waals surface area contributed by atoms with Crippen LogP contribution < -0.4 is 9.47 Å². The molecule has 0 amide bonds. The molecule has 2 nitrogen and oxygen atoms in total. The number of likely N-dealkylation sites (N-methyl/N-ethyl adjacent to an activating group) is 1. The first-order valence-electron chi connectivity index (χ1n) is 13.7. The summed E-state index contributed by atoms with van der Waals surface area (Å²) in [6, 6.07) is 33.2. The van der Waals surface area contributed by atoms with E-state index < -0.39 is 0 Å². The number of allylic oxidation sites excluding steroid dienone is 3. The van der Waals surface area contributed by atoms with Crippen LogP contribution in [-0.4, -0.2) is 7.05 Å². The number of thiazole rings is 1. The molecule has 38 heavy (non-hydrogen) atoms. The fraction of sp³-hybridized carbons (Fsp3) is 0.229. The number of hydrogen-bond donors (Lipinski definition) is 0. The molecule has 190 valence electrons. The highest BCUT2D eigenvalue weighted by Gasteiger charge is 2.42. The van der Waals surface area contributed by atoms with Gasteiger partial charge in [0, 0.05) is 42.4 Å². The Morgan fingerprint density at radius 2 is 1.61 bits per heavy atom. The molecule has 4 aromatic carbocycles. The van der Waals surface area contributed by atoms with Gasteiger partial charge in [0.1, 0.15) is 4.70 Å². The highest BCUT2D eigenvalue weighted by molar-refractivity contribution is 7.18. The van der Waals surface area contributed by atoms with Gasteiger partial charge in [-0.05, 0) is 59.5 Å². The van der Waals surface area contributed by atoms with Gasteiger partial charge in [0.25, 0.3) is 5.01 Å². The molecule has 0 radical (unpaired) electrons. The van der Waals surface area contributed by atoms with Crippen LogP contribution in [0.25, 0.3) is 27.1 Å². The maximum Gasteiger partial charge on any atom is 0.262 e. The smallest absolute Gasteiger partial charge is 0.262 e. The van der Waals surface area contributed by atoms with Crippen molar-refractivity contribution in [2.24, 2.45) is 0 Å². The maximum absolute atomic E-state index is 2.49. The van der Waals surface area contributed by atoms with Crippen molar-refractivity contribution in [1.82, 2.24) is 0 Å². The van der Waals surface area contributed by atoms with Crippen molar-refractivity contribution in [3.8, 4) is 0 Å². The van der Waals surface area contributed by atoms with E-state index in [0.717, 1.165) is 13.0 Å². The number of unbranched alkanes of at least 4 members (excludes halogenated alkanes) is 1. The Balaban J connectivity index is 1.44. The lowest BCUT2D eigenvalue weighted by Gasteiger charge is -2.29. The number of para-hydroxylation sites is 1. The normalized spacial score (nSPS) is 18.3. The molecule has 5 aromatic rings. The van der Waals surface area contributed by atoms with Crippen LogP contribution in [0.15, 0.2) is 109 Å². The molecular weight excluding hydrogens is 480 g/mol. The van der Waals surface area contributed by atoms with Gasteiger partial charge in [0.2, 0.25) is 5.52 Å². The van der Waals surface area contributed by atoms with E-state index in [1.54, 1.807) is 0 Å². The Bertz CT molecular complexity index is 1660. The summed E-state index contributed by atoms with van der Waals surface area (Å²) in [7, 11) is 2.23. The Morgan fingerprint density at radius 3 is 2.39 bits per heavy atom. The number of nitrogens with zero attached hydrogens (tertiary/aromatic N) is 2. The summed E-state index contributed by atoms with van der Waals surface area (Å²) in [5.41, 5.74) is 6.62. The Morgan fingerprint density at radius 1 is 0.895 bits per heavy atom. The van der Waals surface area contributed by atoms with E-state index in [2.05, 4.69) is 140 Å². The van der Waals surface area contributed by atoms with E-state index in [-0.39, 0.29) is 5.41 Å². The molecule has 0 bridgehead atoms. The summed E-state index contributed by atoms with van der Waals surface area (Å²) in [6.45, 7) is 5.73. The van der Waals surface area contributed by atoms with E-state index in [1.807, 2.05) is 11.3 Å². The Labute approximate surface area is 230 Å². The quantitative estimate of drug-likeness (QED) is 0.197. The molecule has 6 rings (SSSR count).